The molecule has 2 unspecified atom stereocenters. The maximum absolute atomic E-state index is 7.33. The monoisotopic (exact) mass is 160 g/mol. The van der Waals surface area contributed by atoms with Gasteiger partial charge in [0.1, 0.15) is 0 Å². The Morgan fingerprint density at radius 1 is 1.86 bits per heavy atom. The van der Waals surface area contributed by atoms with Crippen molar-refractivity contribution in [3.63, 3.8) is 0 Å². The van der Waals surface area contributed by atoms with Crippen molar-refractivity contribution in [3.05, 3.63) is 22.7 Å². The predicted octanol–water partition coefficient (Wildman–Crippen LogP) is 2.62. The van der Waals surface area contributed by atoms with Gasteiger partial charge in [0.15, 0.2) is 0 Å². The summed E-state index contributed by atoms with van der Waals surface area (Å²) in [4.78, 5) is 0. The Balaban J connectivity index is 2.73. The molecule has 1 heteroatoms. The van der Waals surface area contributed by atoms with Gasteiger partial charge in [-0.15, -0.1) is 0 Å². The Morgan fingerprint density at radius 3 is 3.29 bits per heavy atom. The molecular formula is C6H7Br. The van der Waals surface area contributed by atoms with Crippen LogP contribution in [0.2, 0.25) is 0 Å². The van der Waals surface area contributed by atoms with E-state index in [4.69, 9.17) is 2.74 Å². The van der Waals surface area contributed by atoms with E-state index in [-0.39, 0.29) is 0 Å². The van der Waals surface area contributed by atoms with Crippen LogP contribution >= 0.6 is 15.9 Å². The quantitative estimate of drug-likeness (QED) is 0.512. The second-order valence-electron chi connectivity index (χ2n) is 1.30. The number of rotatable bonds is 0. The van der Waals surface area contributed by atoms with E-state index in [1.54, 1.807) is 12.2 Å². The van der Waals surface area contributed by atoms with Crippen molar-refractivity contribution in [2.24, 2.45) is 0 Å². The molecule has 0 nitrogen and oxygen atoms in total. The molecule has 0 saturated carbocycles. The van der Waals surface area contributed by atoms with Crippen molar-refractivity contribution in [1.82, 2.24) is 0 Å². The van der Waals surface area contributed by atoms with E-state index in [1.807, 2.05) is 6.08 Å². The fourth-order valence-electron chi connectivity index (χ4n) is 0.415. The molecule has 0 N–H and O–H groups in total. The second kappa shape index (κ2) is 2.31. The van der Waals surface area contributed by atoms with Gasteiger partial charge in [-0.2, -0.15) is 0 Å². The van der Waals surface area contributed by atoms with Gasteiger partial charge < -0.3 is 0 Å². The lowest BCUT2D eigenvalue weighted by atomic mass is 10.2. The predicted molar refractivity (Wildman–Crippen MR) is 35.4 cm³/mol. The lowest BCUT2D eigenvalue weighted by molar-refractivity contribution is 1.02. The smallest absolute Gasteiger partial charge is 0.0325 e. The number of allylic oxidation sites excluding steroid dienone is 4. The zero-order chi connectivity index (χ0) is 6.85. The van der Waals surface area contributed by atoms with Gasteiger partial charge in [0.25, 0.3) is 0 Å². The maximum atomic E-state index is 7.33. The van der Waals surface area contributed by atoms with Crippen molar-refractivity contribution >= 4 is 15.9 Å². The average molecular weight is 161 g/mol. The highest BCUT2D eigenvalue weighted by Crippen LogP contribution is 2.16. The summed E-state index contributed by atoms with van der Waals surface area (Å²) in [7, 11) is 0. The van der Waals surface area contributed by atoms with Gasteiger partial charge in [0.05, 0.1) is 0 Å². The van der Waals surface area contributed by atoms with Crippen LogP contribution in [0.1, 0.15) is 15.5 Å². The van der Waals surface area contributed by atoms with Crippen LogP contribution in [-0.2, 0) is 0 Å². The van der Waals surface area contributed by atoms with E-state index in [2.05, 4.69) is 15.9 Å². The summed E-state index contributed by atoms with van der Waals surface area (Å²) in [5.41, 5.74) is 0. The number of halogens is 1. The van der Waals surface area contributed by atoms with Crippen LogP contribution in [0, 0.1) is 0 Å². The van der Waals surface area contributed by atoms with E-state index in [1.165, 1.54) is 0 Å². The Labute approximate surface area is 54.9 Å². The minimum Gasteiger partial charge on any atom is -0.0842 e. The Bertz CT molecular complexity index is 162. The topological polar surface area (TPSA) is 0 Å². The van der Waals surface area contributed by atoms with Crippen LogP contribution < -0.4 is 0 Å². The van der Waals surface area contributed by atoms with E-state index in [0.717, 1.165) is 4.48 Å². The molecule has 0 fully saturated rings. The molecule has 0 radical (unpaired) electrons. The highest BCUT2D eigenvalue weighted by atomic mass is 79.9. The van der Waals surface area contributed by atoms with Crippen molar-refractivity contribution in [3.8, 4) is 0 Å². The normalized spacial score (nSPS) is 44.4. The Hall–Kier alpha value is -0.0400. The maximum Gasteiger partial charge on any atom is 0.0325 e. The minimum absolute atomic E-state index is 0.399. The molecule has 7 heavy (non-hydrogen) atoms. The summed E-state index contributed by atoms with van der Waals surface area (Å²) in [6, 6.07) is 0. The first kappa shape index (κ1) is 3.08. The largest absolute Gasteiger partial charge is 0.0842 e. The second-order valence-corrected chi connectivity index (χ2v) is 2.21. The van der Waals surface area contributed by atoms with E-state index < -0.39 is 12.8 Å². The van der Waals surface area contributed by atoms with Crippen molar-refractivity contribution in [1.29, 1.82) is 0 Å². The zero-order valence-corrected chi connectivity index (χ0v) is 5.35. The van der Waals surface area contributed by atoms with Crippen molar-refractivity contribution < 1.29 is 2.74 Å². The fraction of sp³-hybridized carbons (Fsp3) is 0.333. The first-order chi connectivity index (χ1) is 4.22. The Morgan fingerprint density at radius 2 is 2.71 bits per heavy atom. The van der Waals surface area contributed by atoms with Crippen LogP contribution in [0.5, 0.6) is 0 Å². The molecule has 0 aromatic heterocycles. The number of hydrogen-bond donors (Lipinski definition) is 0. The zero-order valence-electron chi connectivity index (χ0n) is 5.76. The first-order valence-electron chi connectivity index (χ1n) is 3.25. The highest BCUT2D eigenvalue weighted by molar-refractivity contribution is 9.11. The molecule has 0 amide bonds. The fourth-order valence-corrected chi connectivity index (χ4v) is 0.720. The van der Waals surface area contributed by atoms with Gasteiger partial charge in [0.2, 0.25) is 0 Å². The van der Waals surface area contributed by atoms with Gasteiger partial charge >= 0.3 is 0 Å². The van der Waals surface area contributed by atoms with E-state index in [9.17, 15) is 0 Å². The van der Waals surface area contributed by atoms with Gasteiger partial charge in [-0.3, -0.25) is 0 Å². The third kappa shape index (κ3) is 1.48. The summed E-state index contributed by atoms with van der Waals surface area (Å²) in [5, 5.41) is 0. The van der Waals surface area contributed by atoms with Gasteiger partial charge in [-0.1, -0.05) is 34.2 Å². The molecule has 1 rings (SSSR count). The third-order valence-corrected chi connectivity index (χ3v) is 1.26. The summed E-state index contributed by atoms with van der Waals surface area (Å²) in [6.45, 7) is 0. The minimum atomic E-state index is -0.421. The summed E-state index contributed by atoms with van der Waals surface area (Å²) in [5.74, 6) is 0. The van der Waals surface area contributed by atoms with E-state index >= 15 is 0 Å². The highest BCUT2D eigenvalue weighted by Gasteiger charge is 1.90. The summed E-state index contributed by atoms with van der Waals surface area (Å²) < 4.78 is 15.4. The van der Waals surface area contributed by atoms with Gasteiger partial charge in [0, 0.05) is 2.74 Å². The van der Waals surface area contributed by atoms with Crippen LogP contribution in [-0.4, -0.2) is 0 Å². The molecule has 0 spiro atoms. The van der Waals surface area contributed by atoms with Gasteiger partial charge in [-0.25, -0.2) is 0 Å². The molecule has 0 heterocycles. The van der Waals surface area contributed by atoms with Crippen LogP contribution in [0.4, 0.5) is 0 Å². The third-order valence-electron chi connectivity index (χ3n) is 0.733. The molecule has 38 valence electrons. The van der Waals surface area contributed by atoms with Crippen LogP contribution in [0.15, 0.2) is 22.7 Å². The molecule has 0 aromatic carbocycles. The summed E-state index contributed by atoms with van der Waals surface area (Å²) in [6.07, 6.45) is 4.50. The molecule has 0 aliphatic heterocycles. The van der Waals surface area contributed by atoms with Crippen molar-refractivity contribution in [2.45, 2.75) is 12.8 Å². The van der Waals surface area contributed by atoms with Crippen LogP contribution in [0.25, 0.3) is 0 Å². The molecular weight excluding hydrogens is 152 g/mol. The molecule has 2 atom stereocenters. The molecule has 0 bridgehead atoms. The van der Waals surface area contributed by atoms with Gasteiger partial charge in [-0.05, 0) is 17.3 Å². The van der Waals surface area contributed by atoms with Crippen molar-refractivity contribution in [2.75, 3.05) is 0 Å². The SMILES string of the molecule is [2H]C1C=CC=C(Br)C1[2H]. The molecule has 0 saturated heterocycles. The lowest BCUT2D eigenvalue weighted by Crippen LogP contribution is -1.75. The molecule has 1 aliphatic carbocycles. The average Bonchev–Trinajstić information content (AvgIpc) is 1.83. The first-order valence-corrected chi connectivity index (χ1v) is 2.89. The van der Waals surface area contributed by atoms with Crippen LogP contribution in [0.3, 0.4) is 0 Å². The number of hydrogen-bond acceptors (Lipinski definition) is 0. The molecule has 1 aliphatic rings. The van der Waals surface area contributed by atoms with E-state index in [0.29, 0.717) is 0 Å². The Kier molecular flexibility index (Phi) is 1.02. The standard InChI is InChI=1S/C6H7Br/c7-6-4-2-1-3-5-6/h1-2,4H,3,5H2/i3D,5D. The molecule has 0 aromatic rings. The lowest BCUT2D eigenvalue weighted by Gasteiger charge is -1.96. The summed E-state index contributed by atoms with van der Waals surface area (Å²) >= 11 is 3.20.